The van der Waals surface area contributed by atoms with E-state index in [1.54, 1.807) is 0 Å². The van der Waals surface area contributed by atoms with E-state index >= 15 is 0 Å². The quantitative estimate of drug-likeness (QED) is 0.621. The summed E-state index contributed by atoms with van der Waals surface area (Å²) >= 11 is 5.17. The number of halogens is 1. The lowest BCUT2D eigenvalue weighted by Gasteiger charge is -1.99. The normalized spacial score (nSPS) is 9.27. The van der Waals surface area contributed by atoms with Crippen LogP contribution in [0.3, 0.4) is 0 Å². The van der Waals surface area contributed by atoms with Gasteiger partial charge in [-0.1, -0.05) is 0 Å². The molecule has 0 N–H and O–H groups in total. The van der Waals surface area contributed by atoms with Gasteiger partial charge in [-0.3, -0.25) is 4.79 Å². The van der Waals surface area contributed by atoms with Gasteiger partial charge in [-0.05, 0) is 11.6 Å². The third-order valence-electron chi connectivity index (χ3n) is 1.04. The maximum absolute atomic E-state index is 10.6. The Morgan fingerprint density at radius 3 is 2.64 bits per heavy atom. The van der Waals surface area contributed by atoms with Gasteiger partial charge in [0.25, 0.3) is 5.24 Å². The molecule has 1 aromatic heterocycles. The van der Waals surface area contributed by atoms with Gasteiger partial charge in [-0.25, -0.2) is 9.97 Å². The molecule has 4 nitrogen and oxygen atoms in total. The number of nitrogens with zero attached hydrogens (tertiary/aromatic N) is 2. The van der Waals surface area contributed by atoms with E-state index in [0.717, 1.165) is 0 Å². The lowest BCUT2D eigenvalue weighted by Crippen LogP contribution is -2.00. The molecule has 0 unspecified atom stereocenters. The van der Waals surface area contributed by atoms with Crippen molar-refractivity contribution in [2.45, 2.75) is 0 Å². The highest BCUT2D eigenvalue weighted by atomic mass is 35.5. The van der Waals surface area contributed by atoms with Gasteiger partial charge in [0.1, 0.15) is 0 Å². The van der Waals surface area contributed by atoms with E-state index in [9.17, 15) is 4.79 Å². The first-order valence-corrected chi connectivity index (χ1v) is 3.18. The van der Waals surface area contributed by atoms with Crippen molar-refractivity contribution >= 4 is 16.8 Å². The van der Waals surface area contributed by atoms with Crippen molar-refractivity contribution in [1.29, 1.82) is 0 Å². The fourth-order valence-corrected chi connectivity index (χ4v) is 0.739. The molecule has 5 heteroatoms. The summed E-state index contributed by atoms with van der Waals surface area (Å²) in [5.74, 6) is 0.146. The monoisotopic (exact) mass is 172 g/mol. The zero-order valence-corrected chi connectivity index (χ0v) is 6.50. The number of aromatic nitrogens is 2. The predicted octanol–water partition coefficient (Wildman–Crippen LogP) is 0.864. The summed E-state index contributed by atoms with van der Waals surface area (Å²) in [5, 5.41) is -0.671. The van der Waals surface area contributed by atoms with Crippen LogP contribution in [0.5, 0.6) is 5.88 Å². The van der Waals surface area contributed by atoms with E-state index < -0.39 is 5.24 Å². The molecule has 0 aromatic carbocycles. The third kappa shape index (κ3) is 1.65. The van der Waals surface area contributed by atoms with Crippen LogP contribution in [0.15, 0.2) is 12.4 Å². The van der Waals surface area contributed by atoms with Crippen LogP contribution in [0.2, 0.25) is 0 Å². The van der Waals surface area contributed by atoms with Gasteiger partial charge in [0.05, 0.1) is 7.11 Å². The van der Waals surface area contributed by atoms with E-state index in [1.807, 2.05) is 0 Å². The SMILES string of the molecule is COc1nccnc1C(=O)Cl. The predicted molar refractivity (Wildman–Crippen MR) is 38.8 cm³/mol. The van der Waals surface area contributed by atoms with Crippen LogP contribution in [0.1, 0.15) is 10.5 Å². The molecule has 0 aliphatic rings. The average Bonchev–Trinajstić information content (AvgIpc) is 2.04. The van der Waals surface area contributed by atoms with Gasteiger partial charge < -0.3 is 4.74 Å². The lowest BCUT2D eigenvalue weighted by atomic mass is 10.5. The minimum absolute atomic E-state index is 0.0386. The Morgan fingerprint density at radius 2 is 2.18 bits per heavy atom. The van der Waals surface area contributed by atoms with Gasteiger partial charge in [0, 0.05) is 12.4 Å². The molecule has 1 rings (SSSR count). The van der Waals surface area contributed by atoms with Crippen LogP contribution >= 0.6 is 11.6 Å². The molecule has 58 valence electrons. The van der Waals surface area contributed by atoms with Gasteiger partial charge >= 0.3 is 0 Å². The van der Waals surface area contributed by atoms with Crippen molar-refractivity contribution in [3.05, 3.63) is 18.1 Å². The molecule has 11 heavy (non-hydrogen) atoms. The molecule has 0 fully saturated rings. The molecule has 0 bridgehead atoms. The average molecular weight is 173 g/mol. The van der Waals surface area contributed by atoms with E-state index in [4.69, 9.17) is 16.3 Å². The molecular formula is C6H5ClN2O2. The first kappa shape index (κ1) is 7.94. The number of hydrogen-bond donors (Lipinski definition) is 0. The van der Waals surface area contributed by atoms with Gasteiger partial charge in [-0.15, -0.1) is 0 Å². The fraction of sp³-hybridized carbons (Fsp3) is 0.167. The highest BCUT2D eigenvalue weighted by molar-refractivity contribution is 6.67. The summed E-state index contributed by atoms with van der Waals surface area (Å²) in [6.07, 6.45) is 2.79. The molecule has 1 aromatic rings. The van der Waals surface area contributed by atoms with Crippen molar-refractivity contribution < 1.29 is 9.53 Å². The molecule has 0 aliphatic carbocycles. The summed E-state index contributed by atoms with van der Waals surface area (Å²) in [6, 6.07) is 0. The minimum atomic E-state index is -0.671. The van der Waals surface area contributed by atoms with E-state index in [-0.39, 0.29) is 11.6 Å². The summed E-state index contributed by atoms with van der Waals surface area (Å²) in [5.41, 5.74) is 0.0386. The van der Waals surface area contributed by atoms with E-state index in [2.05, 4.69) is 9.97 Å². The minimum Gasteiger partial charge on any atom is -0.479 e. The van der Waals surface area contributed by atoms with Crippen LogP contribution in [-0.2, 0) is 0 Å². The first-order valence-electron chi connectivity index (χ1n) is 2.80. The van der Waals surface area contributed by atoms with Crippen LogP contribution < -0.4 is 4.74 Å². The second-order valence-corrected chi connectivity index (χ2v) is 2.03. The second kappa shape index (κ2) is 3.30. The molecule has 0 amide bonds. The van der Waals surface area contributed by atoms with Crippen molar-refractivity contribution in [2.75, 3.05) is 7.11 Å². The Morgan fingerprint density at radius 1 is 1.55 bits per heavy atom. The summed E-state index contributed by atoms with van der Waals surface area (Å²) in [4.78, 5) is 18.0. The number of hydrogen-bond acceptors (Lipinski definition) is 4. The maximum Gasteiger partial charge on any atom is 0.276 e. The topological polar surface area (TPSA) is 52.1 Å². The third-order valence-corrected chi connectivity index (χ3v) is 1.22. The molecule has 0 saturated heterocycles. The smallest absolute Gasteiger partial charge is 0.276 e. The van der Waals surface area contributed by atoms with Gasteiger partial charge in [-0.2, -0.15) is 0 Å². The summed E-state index contributed by atoms with van der Waals surface area (Å²) < 4.78 is 4.73. The van der Waals surface area contributed by atoms with Gasteiger partial charge in [0.2, 0.25) is 5.88 Å². The Hall–Kier alpha value is -1.16. The molecule has 0 atom stereocenters. The van der Waals surface area contributed by atoms with Crippen LogP contribution in [0.4, 0.5) is 0 Å². The molecule has 0 aliphatic heterocycles. The number of carbonyl (C=O) groups excluding carboxylic acids is 1. The van der Waals surface area contributed by atoms with Crippen LogP contribution in [-0.4, -0.2) is 22.3 Å². The number of ether oxygens (including phenoxy) is 1. The Balaban J connectivity index is 3.12. The van der Waals surface area contributed by atoms with E-state index in [0.29, 0.717) is 0 Å². The highest BCUT2D eigenvalue weighted by Gasteiger charge is 2.10. The standard InChI is InChI=1S/C6H5ClN2O2/c1-11-6-4(5(7)10)8-2-3-9-6/h2-3H,1H3. The molecular weight excluding hydrogens is 168 g/mol. The highest BCUT2D eigenvalue weighted by Crippen LogP contribution is 2.12. The zero-order chi connectivity index (χ0) is 8.27. The summed E-state index contributed by atoms with van der Waals surface area (Å²) in [6.45, 7) is 0. The van der Waals surface area contributed by atoms with Crippen LogP contribution in [0, 0.1) is 0 Å². The van der Waals surface area contributed by atoms with E-state index in [1.165, 1.54) is 19.5 Å². The van der Waals surface area contributed by atoms with Crippen molar-refractivity contribution in [2.24, 2.45) is 0 Å². The summed E-state index contributed by atoms with van der Waals surface area (Å²) in [7, 11) is 1.40. The zero-order valence-electron chi connectivity index (χ0n) is 5.74. The van der Waals surface area contributed by atoms with Crippen LogP contribution in [0.25, 0.3) is 0 Å². The Kier molecular flexibility index (Phi) is 2.38. The number of carbonyl (C=O) groups is 1. The van der Waals surface area contributed by atoms with Gasteiger partial charge in [0.15, 0.2) is 5.69 Å². The maximum atomic E-state index is 10.6. The molecule has 0 saturated carbocycles. The van der Waals surface area contributed by atoms with Crippen molar-refractivity contribution in [3.63, 3.8) is 0 Å². The number of methoxy groups -OCH3 is 1. The Labute approximate surface area is 68.2 Å². The molecule has 0 radical (unpaired) electrons. The fourth-order valence-electron chi connectivity index (χ4n) is 0.609. The number of rotatable bonds is 2. The largest absolute Gasteiger partial charge is 0.479 e. The second-order valence-electron chi connectivity index (χ2n) is 1.69. The molecule has 1 heterocycles. The van der Waals surface area contributed by atoms with Crippen molar-refractivity contribution in [1.82, 2.24) is 9.97 Å². The molecule has 0 spiro atoms. The first-order chi connectivity index (χ1) is 5.25. The lowest BCUT2D eigenvalue weighted by molar-refractivity contribution is 0.107. The van der Waals surface area contributed by atoms with Crippen molar-refractivity contribution in [3.8, 4) is 5.88 Å². The Bertz CT molecular complexity index is 277.